The first-order valence-corrected chi connectivity index (χ1v) is 11.1. The third-order valence-corrected chi connectivity index (χ3v) is 5.73. The van der Waals surface area contributed by atoms with Crippen LogP contribution in [0.5, 0.6) is 0 Å². The van der Waals surface area contributed by atoms with E-state index in [-0.39, 0.29) is 5.91 Å². The number of aromatic nitrogens is 5. The Kier molecular flexibility index (Phi) is 5.74. The number of hydrogen-bond acceptors (Lipinski definition) is 9. The second kappa shape index (κ2) is 8.41. The largest absolute Gasteiger partial charge is 0.378 e. The number of nitrogens with one attached hydrogen (secondary N) is 1. The summed E-state index contributed by atoms with van der Waals surface area (Å²) in [5, 5.41) is 11.6. The standard InChI is InChI=1S/C17H21N7O2S2/c1-11-20-13(10-28-11)16(25)18-3-4-24-15-12(9-19-24)14(21-17(22-15)27-2)23-5-7-26-8-6-23/h9-10H,3-8H2,1-2H3,(H,18,25). The zero-order valence-corrected chi connectivity index (χ0v) is 17.3. The molecule has 1 N–H and O–H groups in total. The summed E-state index contributed by atoms with van der Waals surface area (Å²) < 4.78 is 7.27. The first-order chi connectivity index (χ1) is 13.7. The van der Waals surface area contributed by atoms with Gasteiger partial charge in [-0.1, -0.05) is 11.8 Å². The fraction of sp³-hybridized carbons (Fsp3) is 0.471. The van der Waals surface area contributed by atoms with Crippen molar-refractivity contribution in [2.45, 2.75) is 18.6 Å². The molecule has 0 radical (unpaired) electrons. The van der Waals surface area contributed by atoms with Crippen molar-refractivity contribution in [1.82, 2.24) is 30.0 Å². The number of aryl methyl sites for hydroxylation is 1. The summed E-state index contributed by atoms with van der Waals surface area (Å²) in [6, 6.07) is 0. The molecule has 0 aliphatic carbocycles. The zero-order chi connectivity index (χ0) is 19.5. The van der Waals surface area contributed by atoms with E-state index in [0.29, 0.717) is 37.2 Å². The molecule has 0 saturated carbocycles. The van der Waals surface area contributed by atoms with Gasteiger partial charge in [-0.3, -0.25) is 4.79 Å². The Bertz CT molecular complexity index is 981. The molecule has 1 fully saturated rings. The Morgan fingerprint density at radius 3 is 2.86 bits per heavy atom. The fourth-order valence-corrected chi connectivity index (χ4v) is 3.97. The summed E-state index contributed by atoms with van der Waals surface area (Å²) in [5.41, 5.74) is 1.23. The fourth-order valence-electron chi connectivity index (χ4n) is 3.03. The van der Waals surface area contributed by atoms with E-state index in [1.807, 2.05) is 17.9 Å². The van der Waals surface area contributed by atoms with Crippen molar-refractivity contribution in [3.8, 4) is 0 Å². The molecule has 4 heterocycles. The maximum atomic E-state index is 12.2. The maximum absolute atomic E-state index is 12.2. The highest BCUT2D eigenvalue weighted by atomic mass is 32.2. The van der Waals surface area contributed by atoms with Crippen LogP contribution in [-0.4, -0.2) is 69.7 Å². The van der Waals surface area contributed by atoms with Crippen LogP contribution in [0.4, 0.5) is 5.82 Å². The Hall–Kier alpha value is -2.24. The van der Waals surface area contributed by atoms with Gasteiger partial charge in [-0.15, -0.1) is 11.3 Å². The molecule has 11 heteroatoms. The highest BCUT2D eigenvalue weighted by molar-refractivity contribution is 7.98. The lowest BCUT2D eigenvalue weighted by Gasteiger charge is -2.28. The van der Waals surface area contributed by atoms with Gasteiger partial charge >= 0.3 is 0 Å². The van der Waals surface area contributed by atoms with Gasteiger partial charge in [0.2, 0.25) is 0 Å². The summed E-state index contributed by atoms with van der Waals surface area (Å²) in [4.78, 5) is 27.9. The number of thioether (sulfide) groups is 1. The van der Waals surface area contributed by atoms with Gasteiger partial charge in [0.1, 0.15) is 11.5 Å². The van der Waals surface area contributed by atoms with E-state index in [1.165, 1.54) is 23.1 Å². The average molecular weight is 420 g/mol. The number of ether oxygens (including phenoxy) is 1. The summed E-state index contributed by atoms with van der Waals surface area (Å²) in [6.07, 6.45) is 3.76. The van der Waals surface area contributed by atoms with Crippen LogP contribution in [0.2, 0.25) is 0 Å². The minimum atomic E-state index is -0.172. The van der Waals surface area contributed by atoms with E-state index in [4.69, 9.17) is 9.72 Å². The van der Waals surface area contributed by atoms with Crippen molar-refractivity contribution < 1.29 is 9.53 Å². The molecule has 3 aromatic heterocycles. The van der Waals surface area contributed by atoms with Gasteiger partial charge in [-0.05, 0) is 13.2 Å². The quantitative estimate of drug-likeness (QED) is 0.475. The first-order valence-electron chi connectivity index (χ1n) is 8.96. The van der Waals surface area contributed by atoms with Gasteiger partial charge in [0.05, 0.1) is 36.3 Å². The number of fused-ring (bicyclic) bond motifs is 1. The van der Waals surface area contributed by atoms with Crippen LogP contribution in [0.15, 0.2) is 16.7 Å². The average Bonchev–Trinajstić information content (AvgIpc) is 3.34. The highest BCUT2D eigenvalue weighted by Gasteiger charge is 2.20. The van der Waals surface area contributed by atoms with Crippen LogP contribution in [0, 0.1) is 6.92 Å². The van der Waals surface area contributed by atoms with Gasteiger partial charge in [-0.2, -0.15) is 5.10 Å². The summed E-state index contributed by atoms with van der Waals surface area (Å²) in [5.74, 6) is 0.722. The molecule has 1 amide bonds. The summed E-state index contributed by atoms with van der Waals surface area (Å²) >= 11 is 2.97. The summed E-state index contributed by atoms with van der Waals surface area (Å²) in [7, 11) is 0. The first kappa shape index (κ1) is 19.1. The van der Waals surface area contributed by atoms with E-state index in [0.717, 1.165) is 34.9 Å². The van der Waals surface area contributed by atoms with Crippen molar-refractivity contribution in [1.29, 1.82) is 0 Å². The number of hydrogen-bond donors (Lipinski definition) is 1. The van der Waals surface area contributed by atoms with Crippen LogP contribution in [0.25, 0.3) is 11.0 Å². The molecule has 9 nitrogen and oxygen atoms in total. The van der Waals surface area contributed by atoms with Crippen molar-refractivity contribution in [2.24, 2.45) is 0 Å². The number of morpholine rings is 1. The number of nitrogens with zero attached hydrogens (tertiary/aromatic N) is 6. The summed E-state index contributed by atoms with van der Waals surface area (Å²) in [6.45, 7) is 5.82. The van der Waals surface area contributed by atoms with E-state index in [1.54, 1.807) is 11.6 Å². The van der Waals surface area contributed by atoms with Crippen LogP contribution < -0.4 is 10.2 Å². The molecule has 3 aromatic rings. The number of carbonyl (C=O) groups excluding carboxylic acids is 1. The van der Waals surface area contributed by atoms with Gasteiger partial charge in [-0.25, -0.2) is 19.6 Å². The molecule has 0 spiro atoms. The smallest absolute Gasteiger partial charge is 0.270 e. The predicted molar refractivity (Wildman–Crippen MR) is 109 cm³/mol. The van der Waals surface area contributed by atoms with E-state index < -0.39 is 0 Å². The Balaban J connectivity index is 1.52. The third kappa shape index (κ3) is 3.96. The van der Waals surface area contributed by atoms with Crippen molar-refractivity contribution >= 4 is 45.9 Å². The van der Waals surface area contributed by atoms with Crippen LogP contribution in [-0.2, 0) is 11.3 Å². The Morgan fingerprint density at radius 1 is 1.32 bits per heavy atom. The molecular weight excluding hydrogens is 398 g/mol. The molecule has 28 heavy (non-hydrogen) atoms. The lowest BCUT2D eigenvalue weighted by molar-refractivity contribution is 0.0947. The van der Waals surface area contributed by atoms with Crippen LogP contribution in [0.3, 0.4) is 0 Å². The Morgan fingerprint density at radius 2 is 2.14 bits per heavy atom. The van der Waals surface area contributed by atoms with Crippen LogP contribution >= 0.6 is 23.1 Å². The third-order valence-electron chi connectivity index (χ3n) is 4.41. The Labute approximate surface area is 170 Å². The monoisotopic (exact) mass is 419 g/mol. The predicted octanol–water partition coefficient (Wildman–Crippen LogP) is 1.58. The van der Waals surface area contributed by atoms with Gasteiger partial charge in [0.15, 0.2) is 10.8 Å². The van der Waals surface area contributed by atoms with Gasteiger partial charge in [0, 0.05) is 25.0 Å². The zero-order valence-electron chi connectivity index (χ0n) is 15.7. The number of thiazole rings is 1. The molecule has 1 saturated heterocycles. The van der Waals surface area contributed by atoms with Crippen LogP contribution in [0.1, 0.15) is 15.5 Å². The molecule has 0 unspecified atom stereocenters. The SMILES string of the molecule is CSc1nc(N2CCOCC2)c2cnn(CCNC(=O)c3csc(C)n3)c2n1. The van der Waals surface area contributed by atoms with Gasteiger partial charge < -0.3 is 15.0 Å². The molecule has 0 atom stereocenters. The van der Waals surface area contributed by atoms with Gasteiger partial charge in [0.25, 0.3) is 5.91 Å². The molecule has 0 aromatic carbocycles. The minimum Gasteiger partial charge on any atom is -0.378 e. The lowest BCUT2D eigenvalue weighted by Crippen LogP contribution is -2.37. The van der Waals surface area contributed by atoms with Crippen molar-refractivity contribution in [2.75, 3.05) is 44.0 Å². The molecule has 1 aliphatic rings. The van der Waals surface area contributed by atoms with E-state index in [9.17, 15) is 4.79 Å². The van der Waals surface area contributed by atoms with E-state index >= 15 is 0 Å². The minimum absolute atomic E-state index is 0.172. The molecule has 4 rings (SSSR count). The number of carbonyl (C=O) groups is 1. The molecule has 1 aliphatic heterocycles. The number of anilines is 1. The molecule has 148 valence electrons. The maximum Gasteiger partial charge on any atom is 0.270 e. The number of amides is 1. The lowest BCUT2D eigenvalue weighted by atomic mass is 10.3. The molecule has 0 bridgehead atoms. The molecular formula is C17H21N7O2S2. The highest BCUT2D eigenvalue weighted by Crippen LogP contribution is 2.27. The second-order valence-electron chi connectivity index (χ2n) is 6.25. The van der Waals surface area contributed by atoms with E-state index in [2.05, 4.69) is 25.3 Å². The van der Waals surface area contributed by atoms with Crippen molar-refractivity contribution in [3.63, 3.8) is 0 Å². The van der Waals surface area contributed by atoms with Crippen molar-refractivity contribution in [3.05, 3.63) is 22.3 Å². The normalized spacial score (nSPS) is 14.6. The number of rotatable bonds is 6. The second-order valence-corrected chi connectivity index (χ2v) is 8.08. The topological polar surface area (TPSA) is 98.1 Å².